The van der Waals surface area contributed by atoms with Gasteiger partial charge in [0.15, 0.2) is 0 Å². The zero-order chi connectivity index (χ0) is 20.4. The Morgan fingerprint density at radius 3 is 2.86 bits per heavy atom. The number of halogens is 1. The Morgan fingerprint density at radius 2 is 2.17 bits per heavy atom. The number of hydrogen-bond donors (Lipinski definition) is 1. The van der Waals surface area contributed by atoms with Crippen molar-refractivity contribution in [1.29, 1.82) is 0 Å². The summed E-state index contributed by atoms with van der Waals surface area (Å²) in [6.45, 7) is 1.08. The van der Waals surface area contributed by atoms with Crippen LogP contribution in [0.2, 0.25) is 4.34 Å². The Hall–Kier alpha value is -2.75. The van der Waals surface area contributed by atoms with Crippen molar-refractivity contribution in [2.24, 2.45) is 0 Å². The minimum absolute atomic E-state index is 0.259. The van der Waals surface area contributed by atoms with Crippen LogP contribution in [-0.4, -0.2) is 50.9 Å². The molecule has 0 aliphatic carbocycles. The van der Waals surface area contributed by atoms with Crippen molar-refractivity contribution in [1.82, 2.24) is 19.5 Å². The van der Waals surface area contributed by atoms with Crippen LogP contribution < -0.4 is 15.3 Å². The summed E-state index contributed by atoms with van der Waals surface area (Å²) >= 11 is 7.34. The van der Waals surface area contributed by atoms with Crippen LogP contribution in [0.25, 0.3) is 5.57 Å². The number of anilines is 1. The molecule has 3 aromatic rings. The fourth-order valence-electron chi connectivity index (χ4n) is 3.07. The maximum atomic E-state index is 12.4. The SMILES string of the molecule is COc1cccc(C2=CCN(c3ncn(Cc4ccc(Cl)s4)c(=O)n3)C[C@@H]2O)n1. The van der Waals surface area contributed by atoms with E-state index in [0.717, 1.165) is 4.88 Å². The van der Waals surface area contributed by atoms with Crippen LogP contribution in [0.3, 0.4) is 0 Å². The Labute approximate surface area is 175 Å². The molecule has 3 aromatic heterocycles. The maximum absolute atomic E-state index is 12.4. The van der Waals surface area contributed by atoms with Gasteiger partial charge in [-0.15, -0.1) is 11.3 Å². The van der Waals surface area contributed by atoms with Crippen molar-refractivity contribution in [3.63, 3.8) is 0 Å². The van der Waals surface area contributed by atoms with E-state index in [1.165, 1.54) is 22.2 Å². The highest BCUT2D eigenvalue weighted by Crippen LogP contribution is 2.25. The standard InChI is InChI=1S/C19H18ClN5O3S/c1-28-17-4-2-3-14(22-17)13-7-8-24(10-15(13)26)18-21-11-25(19(27)23-18)9-12-5-6-16(20)29-12/h2-7,11,15,26H,8-10H2,1H3/t15-/m0/s1. The Bertz CT molecular complexity index is 1110. The first-order valence-corrected chi connectivity index (χ1v) is 10.0. The van der Waals surface area contributed by atoms with Gasteiger partial charge in [-0.3, -0.25) is 4.57 Å². The van der Waals surface area contributed by atoms with Crippen LogP contribution in [0.4, 0.5) is 5.95 Å². The zero-order valence-electron chi connectivity index (χ0n) is 15.5. The average molecular weight is 432 g/mol. The number of methoxy groups -OCH3 is 1. The van der Waals surface area contributed by atoms with Gasteiger partial charge in [-0.05, 0) is 18.2 Å². The van der Waals surface area contributed by atoms with Gasteiger partial charge in [0.25, 0.3) is 0 Å². The van der Waals surface area contributed by atoms with E-state index < -0.39 is 11.8 Å². The lowest BCUT2D eigenvalue weighted by atomic mass is 10.0. The topological polar surface area (TPSA) is 93.4 Å². The average Bonchev–Trinajstić information content (AvgIpc) is 3.14. The predicted molar refractivity (Wildman–Crippen MR) is 112 cm³/mol. The zero-order valence-corrected chi connectivity index (χ0v) is 17.1. The van der Waals surface area contributed by atoms with Gasteiger partial charge in [-0.25, -0.2) is 14.8 Å². The Kier molecular flexibility index (Phi) is 5.61. The number of thiophene rings is 1. The molecule has 10 heteroatoms. The van der Waals surface area contributed by atoms with Crippen molar-refractivity contribution in [2.75, 3.05) is 25.1 Å². The van der Waals surface area contributed by atoms with Gasteiger partial charge >= 0.3 is 5.69 Å². The lowest BCUT2D eigenvalue weighted by Gasteiger charge is -2.30. The normalized spacial score (nSPS) is 16.6. The molecule has 0 amide bonds. The van der Waals surface area contributed by atoms with E-state index in [1.54, 1.807) is 24.1 Å². The molecule has 0 aromatic carbocycles. The molecular formula is C19H18ClN5O3S. The minimum atomic E-state index is -0.789. The third-order valence-electron chi connectivity index (χ3n) is 4.50. The van der Waals surface area contributed by atoms with Gasteiger partial charge < -0.3 is 14.7 Å². The van der Waals surface area contributed by atoms with Gasteiger partial charge in [0, 0.05) is 23.1 Å². The number of rotatable bonds is 5. The van der Waals surface area contributed by atoms with Gasteiger partial charge in [0.1, 0.15) is 6.33 Å². The van der Waals surface area contributed by atoms with Crippen LogP contribution in [-0.2, 0) is 6.54 Å². The quantitative estimate of drug-likeness (QED) is 0.660. The van der Waals surface area contributed by atoms with Crippen LogP contribution in [0.1, 0.15) is 10.6 Å². The van der Waals surface area contributed by atoms with Crippen molar-refractivity contribution >= 4 is 34.5 Å². The predicted octanol–water partition coefficient (Wildman–Crippen LogP) is 2.07. The van der Waals surface area contributed by atoms with Gasteiger partial charge in [0.05, 0.1) is 36.3 Å². The summed E-state index contributed by atoms with van der Waals surface area (Å²) in [5.41, 5.74) is 0.962. The van der Waals surface area contributed by atoms with Crippen LogP contribution in [0.5, 0.6) is 5.88 Å². The summed E-state index contributed by atoms with van der Waals surface area (Å²) in [5.74, 6) is 0.764. The Balaban J connectivity index is 1.52. The number of aliphatic hydroxyl groups is 1. The fourth-order valence-corrected chi connectivity index (χ4v) is 4.16. The molecule has 0 radical (unpaired) electrons. The molecule has 4 rings (SSSR count). The van der Waals surface area contributed by atoms with E-state index in [-0.39, 0.29) is 12.5 Å². The number of aliphatic hydroxyl groups excluding tert-OH is 1. The molecule has 1 aliphatic rings. The number of ether oxygens (including phenoxy) is 1. The smallest absolute Gasteiger partial charge is 0.352 e. The summed E-state index contributed by atoms with van der Waals surface area (Å²) in [6, 6.07) is 9.05. The van der Waals surface area contributed by atoms with Crippen LogP contribution in [0, 0.1) is 0 Å². The van der Waals surface area contributed by atoms with Crippen molar-refractivity contribution in [2.45, 2.75) is 12.6 Å². The summed E-state index contributed by atoms with van der Waals surface area (Å²) in [7, 11) is 1.55. The lowest BCUT2D eigenvalue weighted by Crippen LogP contribution is -2.40. The molecule has 8 nitrogen and oxygen atoms in total. The number of pyridine rings is 1. The molecule has 4 heterocycles. The lowest BCUT2D eigenvalue weighted by molar-refractivity contribution is 0.233. The van der Waals surface area contributed by atoms with E-state index in [1.807, 2.05) is 24.3 Å². The molecule has 0 bridgehead atoms. The molecular weight excluding hydrogens is 414 g/mol. The first-order chi connectivity index (χ1) is 14.0. The number of β-amino-alcohol motifs (C(OH)–C–C–N with tert-alkyl or cyclic N) is 1. The van der Waals surface area contributed by atoms with Gasteiger partial charge in [-0.1, -0.05) is 23.7 Å². The van der Waals surface area contributed by atoms with Gasteiger partial charge in [0.2, 0.25) is 11.8 Å². The van der Waals surface area contributed by atoms with E-state index in [4.69, 9.17) is 16.3 Å². The van der Waals surface area contributed by atoms with E-state index >= 15 is 0 Å². The number of aromatic nitrogens is 4. The fraction of sp³-hybridized carbons (Fsp3) is 0.263. The highest BCUT2D eigenvalue weighted by molar-refractivity contribution is 7.16. The van der Waals surface area contributed by atoms with Crippen molar-refractivity contribution < 1.29 is 9.84 Å². The van der Waals surface area contributed by atoms with E-state index in [0.29, 0.717) is 34.6 Å². The second-order valence-corrected chi connectivity index (χ2v) is 8.22. The largest absolute Gasteiger partial charge is 0.481 e. The summed E-state index contributed by atoms with van der Waals surface area (Å²) in [5, 5.41) is 10.6. The molecule has 29 heavy (non-hydrogen) atoms. The molecule has 1 aliphatic heterocycles. The van der Waals surface area contributed by atoms with Crippen molar-refractivity contribution in [3.8, 4) is 5.88 Å². The summed E-state index contributed by atoms with van der Waals surface area (Å²) in [6.07, 6.45) is 2.54. The molecule has 1 N–H and O–H groups in total. The molecule has 0 saturated heterocycles. The summed E-state index contributed by atoms with van der Waals surface area (Å²) < 4.78 is 7.24. The molecule has 0 unspecified atom stereocenters. The van der Waals surface area contributed by atoms with Crippen molar-refractivity contribution in [3.05, 3.63) is 68.1 Å². The Morgan fingerprint density at radius 1 is 1.31 bits per heavy atom. The first kappa shape index (κ1) is 19.6. The monoisotopic (exact) mass is 431 g/mol. The maximum Gasteiger partial charge on any atom is 0.352 e. The second kappa shape index (κ2) is 8.32. The van der Waals surface area contributed by atoms with Gasteiger partial charge in [-0.2, -0.15) is 4.98 Å². The third kappa shape index (κ3) is 4.31. The highest BCUT2D eigenvalue weighted by Gasteiger charge is 2.24. The molecule has 1 atom stereocenters. The van der Waals surface area contributed by atoms with E-state index in [2.05, 4.69) is 15.0 Å². The highest BCUT2D eigenvalue weighted by atomic mass is 35.5. The first-order valence-electron chi connectivity index (χ1n) is 8.85. The molecule has 150 valence electrons. The summed E-state index contributed by atoms with van der Waals surface area (Å²) in [4.78, 5) is 27.8. The molecule has 0 fully saturated rings. The third-order valence-corrected chi connectivity index (χ3v) is 5.72. The molecule has 0 spiro atoms. The minimum Gasteiger partial charge on any atom is -0.481 e. The van der Waals surface area contributed by atoms with E-state index in [9.17, 15) is 9.90 Å². The number of hydrogen-bond acceptors (Lipinski definition) is 8. The van der Waals surface area contributed by atoms with Crippen LogP contribution >= 0.6 is 22.9 Å². The second-order valence-electron chi connectivity index (χ2n) is 6.42. The molecule has 0 saturated carbocycles. The van der Waals surface area contributed by atoms with Crippen LogP contribution in [0.15, 0.2) is 47.5 Å². The number of nitrogens with zero attached hydrogens (tertiary/aromatic N) is 5.